The largest absolute Gasteiger partial charge is 0.343 e. The molecule has 0 heterocycles. The number of benzene rings is 1. The van der Waals surface area contributed by atoms with Crippen molar-refractivity contribution < 1.29 is 19.0 Å². The van der Waals surface area contributed by atoms with Crippen LogP contribution in [0.1, 0.15) is 117 Å². The molecule has 0 saturated heterocycles. The summed E-state index contributed by atoms with van der Waals surface area (Å²) >= 11 is 0. The van der Waals surface area contributed by atoms with Gasteiger partial charge < -0.3 is 14.6 Å². The van der Waals surface area contributed by atoms with Gasteiger partial charge in [-0.15, -0.1) is 0 Å². The van der Waals surface area contributed by atoms with Crippen LogP contribution in [-0.4, -0.2) is 23.3 Å². The summed E-state index contributed by atoms with van der Waals surface area (Å²) in [5, 5.41) is 11.4. The molecule has 0 aromatic heterocycles. The van der Waals surface area contributed by atoms with Crippen LogP contribution < -0.4 is 0 Å². The highest BCUT2D eigenvalue weighted by molar-refractivity contribution is 5.15. The van der Waals surface area contributed by atoms with E-state index >= 15 is 0 Å². The second-order valence-corrected chi connectivity index (χ2v) is 9.80. The van der Waals surface area contributed by atoms with Crippen LogP contribution in [0.2, 0.25) is 0 Å². The zero-order valence-electron chi connectivity index (χ0n) is 21.4. The Morgan fingerprint density at radius 1 is 0.750 bits per heavy atom. The third-order valence-corrected chi connectivity index (χ3v) is 5.91. The van der Waals surface area contributed by atoms with E-state index in [1.165, 1.54) is 49.8 Å². The van der Waals surface area contributed by atoms with Crippen molar-refractivity contribution in [1.82, 2.24) is 0 Å². The molecule has 1 unspecified atom stereocenters. The van der Waals surface area contributed by atoms with Crippen molar-refractivity contribution in [2.75, 3.05) is 0 Å². The van der Waals surface area contributed by atoms with Gasteiger partial charge in [0.2, 0.25) is 0 Å². The number of aryl methyl sites for hydroxylation is 1. The number of hydrogen-bond donors (Lipinski definition) is 1. The molecule has 1 rings (SSSR count). The Balaban J connectivity index is 2.53. The van der Waals surface area contributed by atoms with Crippen LogP contribution in [0.25, 0.3) is 0 Å². The number of hydrogen-bond acceptors (Lipinski definition) is 3. The minimum Gasteiger partial charge on any atom is -0.343 e. The maximum Gasteiger partial charge on any atom is 0.283 e. The van der Waals surface area contributed by atoms with Gasteiger partial charge in [0.05, 0.1) is 12.2 Å². The molecular formula is C28H49FO3. The third kappa shape index (κ3) is 12.9. The van der Waals surface area contributed by atoms with Crippen LogP contribution in [0.5, 0.6) is 0 Å². The number of halogens is 1. The van der Waals surface area contributed by atoms with Gasteiger partial charge in [-0.2, -0.15) is 0 Å². The van der Waals surface area contributed by atoms with E-state index in [2.05, 4.69) is 6.92 Å². The van der Waals surface area contributed by atoms with E-state index in [0.29, 0.717) is 0 Å². The topological polar surface area (TPSA) is 38.7 Å². The van der Waals surface area contributed by atoms with Gasteiger partial charge in [0.25, 0.3) is 5.97 Å². The summed E-state index contributed by atoms with van der Waals surface area (Å²) in [6.45, 7) is 10.0. The van der Waals surface area contributed by atoms with Crippen LogP contribution >= 0.6 is 0 Å². The fourth-order valence-corrected chi connectivity index (χ4v) is 4.30. The standard InChI is InChI=1S/C28H49FO3/c1-6-7-8-9-10-14-17-26(28(30,31-23(2)3)32-24(4)5)18-15-12-11-13-16-25-19-21-27(29)22-20-25/h19-24,26,30H,6-18H2,1-5H3. The van der Waals surface area contributed by atoms with E-state index in [1.54, 1.807) is 0 Å². The number of unbranched alkanes of at least 4 members (excludes halogenated alkanes) is 8. The molecule has 32 heavy (non-hydrogen) atoms. The lowest BCUT2D eigenvalue weighted by Gasteiger charge is -2.38. The maximum atomic E-state index is 13.0. The quantitative estimate of drug-likeness (QED) is 0.170. The summed E-state index contributed by atoms with van der Waals surface area (Å²) in [5.74, 6) is -1.71. The Hall–Kier alpha value is -0.970. The molecule has 0 aliphatic carbocycles. The van der Waals surface area contributed by atoms with Crippen molar-refractivity contribution in [3.63, 3.8) is 0 Å². The highest BCUT2D eigenvalue weighted by Gasteiger charge is 2.40. The molecule has 0 radical (unpaired) electrons. The summed E-state index contributed by atoms with van der Waals surface area (Å²) in [5.41, 5.74) is 1.19. The van der Waals surface area contributed by atoms with Crippen LogP contribution in [0.15, 0.2) is 24.3 Å². The molecule has 186 valence electrons. The number of ether oxygens (including phenoxy) is 2. The maximum absolute atomic E-state index is 13.0. The van der Waals surface area contributed by atoms with Gasteiger partial charge in [-0.3, -0.25) is 0 Å². The van der Waals surface area contributed by atoms with Crippen LogP contribution in [0.3, 0.4) is 0 Å². The lowest BCUT2D eigenvalue weighted by atomic mass is 9.91. The molecular weight excluding hydrogens is 403 g/mol. The molecule has 0 bridgehead atoms. The molecule has 4 heteroatoms. The molecule has 0 saturated carbocycles. The van der Waals surface area contributed by atoms with Crippen molar-refractivity contribution in [3.8, 4) is 0 Å². The lowest BCUT2D eigenvalue weighted by Crippen LogP contribution is -2.47. The van der Waals surface area contributed by atoms with E-state index in [9.17, 15) is 9.50 Å². The van der Waals surface area contributed by atoms with Gasteiger partial charge in [0, 0.05) is 5.92 Å². The predicted octanol–water partition coefficient (Wildman–Crippen LogP) is 8.18. The Morgan fingerprint density at radius 3 is 1.72 bits per heavy atom. The third-order valence-electron chi connectivity index (χ3n) is 5.91. The van der Waals surface area contributed by atoms with E-state index < -0.39 is 5.97 Å². The second-order valence-electron chi connectivity index (χ2n) is 9.80. The van der Waals surface area contributed by atoms with Gasteiger partial charge in [0.15, 0.2) is 0 Å². The normalized spacial score (nSPS) is 13.3. The molecule has 0 aliphatic heterocycles. The first-order chi connectivity index (χ1) is 15.3. The first kappa shape index (κ1) is 29.1. The molecule has 3 nitrogen and oxygen atoms in total. The van der Waals surface area contributed by atoms with Crippen molar-refractivity contribution in [3.05, 3.63) is 35.6 Å². The first-order valence-electron chi connectivity index (χ1n) is 13.1. The number of rotatable bonds is 19. The molecule has 0 aliphatic rings. The molecule has 1 N–H and O–H groups in total. The van der Waals surface area contributed by atoms with E-state index in [1.807, 2.05) is 39.8 Å². The number of aliphatic hydroxyl groups is 1. The van der Waals surface area contributed by atoms with E-state index in [-0.39, 0.29) is 23.9 Å². The van der Waals surface area contributed by atoms with Crippen LogP contribution in [0.4, 0.5) is 4.39 Å². The highest BCUT2D eigenvalue weighted by Crippen LogP contribution is 2.33. The molecule has 0 amide bonds. The van der Waals surface area contributed by atoms with Gasteiger partial charge in [-0.05, 0) is 71.1 Å². The molecule has 1 aromatic rings. The fourth-order valence-electron chi connectivity index (χ4n) is 4.30. The summed E-state index contributed by atoms with van der Waals surface area (Å²) in [6, 6.07) is 6.82. The van der Waals surface area contributed by atoms with Crippen molar-refractivity contribution in [2.45, 2.75) is 136 Å². The minimum atomic E-state index is -1.51. The minimum absolute atomic E-state index is 0.0180. The fraction of sp³-hybridized carbons (Fsp3) is 0.786. The Bertz CT molecular complexity index is 561. The zero-order valence-corrected chi connectivity index (χ0v) is 21.4. The van der Waals surface area contributed by atoms with Crippen molar-refractivity contribution >= 4 is 0 Å². The van der Waals surface area contributed by atoms with Crippen LogP contribution in [-0.2, 0) is 15.9 Å². The molecule has 1 atom stereocenters. The molecule has 0 spiro atoms. The monoisotopic (exact) mass is 452 g/mol. The Labute approximate surface area is 197 Å². The van der Waals surface area contributed by atoms with E-state index in [4.69, 9.17) is 9.47 Å². The van der Waals surface area contributed by atoms with Crippen molar-refractivity contribution in [2.24, 2.45) is 5.92 Å². The van der Waals surface area contributed by atoms with Gasteiger partial charge in [0.1, 0.15) is 5.82 Å². The zero-order chi connectivity index (χ0) is 23.8. The summed E-state index contributed by atoms with van der Waals surface area (Å²) in [4.78, 5) is 0. The van der Waals surface area contributed by atoms with Gasteiger partial charge in [-0.25, -0.2) is 4.39 Å². The summed E-state index contributed by atoms with van der Waals surface area (Å²) in [7, 11) is 0. The van der Waals surface area contributed by atoms with E-state index in [0.717, 1.165) is 51.4 Å². The Kier molecular flexibility index (Phi) is 15.1. The SMILES string of the molecule is CCCCCCCCC(CCCCCCc1ccc(F)cc1)C(O)(OC(C)C)OC(C)C. The summed E-state index contributed by atoms with van der Waals surface area (Å²) in [6.07, 6.45) is 14.5. The molecule has 0 fully saturated rings. The average molecular weight is 453 g/mol. The smallest absolute Gasteiger partial charge is 0.283 e. The lowest BCUT2D eigenvalue weighted by molar-refractivity contribution is -0.407. The molecule has 1 aromatic carbocycles. The second kappa shape index (κ2) is 16.6. The van der Waals surface area contributed by atoms with Crippen LogP contribution in [0, 0.1) is 11.7 Å². The van der Waals surface area contributed by atoms with Gasteiger partial charge in [-0.1, -0.05) is 76.8 Å². The summed E-state index contributed by atoms with van der Waals surface area (Å²) < 4.78 is 24.9. The predicted molar refractivity (Wildman–Crippen MR) is 132 cm³/mol. The highest BCUT2D eigenvalue weighted by atomic mass is 19.1. The average Bonchev–Trinajstić information content (AvgIpc) is 2.71. The Morgan fingerprint density at radius 2 is 1.22 bits per heavy atom. The van der Waals surface area contributed by atoms with Gasteiger partial charge >= 0.3 is 0 Å². The van der Waals surface area contributed by atoms with Crippen molar-refractivity contribution in [1.29, 1.82) is 0 Å². The first-order valence-corrected chi connectivity index (χ1v) is 13.1.